The average molecular weight is 268 g/mol. The zero-order valence-corrected chi connectivity index (χ0v) is 9.77. The molecule has 6 heteroatoms. The minimum atomic E-state index is -1.45. The Morgan fingerprint density at radius 3 is 2.18 bits per heavy atom. The molecule has 1 fully saturated rings. The lowest BCUT2D eigenvalue weighted by molar-refractivity contribution is -0.0190. The molecule has 2 N–H and O–H groups in total. The molecule has 96 valence electrons. The molecule has 0 spiro atoms. The Labute approximate surface area is 103 Å². The van der Waals surface area contributed by atoms with E-state index in [2.05, 4.69) is 0 Å². The minimum absolute atomic E-state index is 0. The third kappa shape index (κ3) is 3.34. The lowest BCUT2D eigenvalue weighted by Gasteiger charge is -2.32. The summed E-state index contributed by atoms with van der Waals surface area (Å²) in [6.07, 6.45) is 1.56. The quantitative estimate of drug-likeness (QED) is 0.854. The van der Waals surface area contributed by atoms with Crippen LogP contribution in [0.1, 0.15) is 18.4 Å². The molecular formula is C11H13ClF3NO. The van der Waals surface area contributed by atoms with Crippen molar-refractivity contribution in [3.05, 3.63) is 35.1 Å². The van der Waals surface area contributed by atoms with E-state index in [1.54, 1.807) is 0 Å². The topological polar surface area (TPSA) is 35.2 Å². The zero-order chi connectivity index (χ0) is 11.7. The molecule has 0 atom stereocenters. The fourth-order valence-corrected chi connectivity index (χ4v) is 1.65. The highest BCUT2D eigenvalue weighted by Gasteiger charge is 2.26. The average Bonchev–Trinajstić information content (AvgIpc) is 2.19. The van der Waals surface area contributed by atoms with E-state index in [-0.39, 0.29) is 36.7 Å². The van der Waals surface area contributed by atoms with Gasteiger partial charge in [-0.15, -0.1) is 12.4 Å². The highest BCUT2D eigenvalue weighted by Crippen LogP contribution is 2.23. The molecule has 2 rings (SSSR count). The lowest BCUT2D eigenvalue weighted by Crippen LogP contribution is -2.41. The molecule has 0 aromatic heterocycles. The fourth-order valence-electron chi connectivity index (χ4n) is 1.65. The van der Waals surface area contributed by atoms with Crippen LogP contribution in [-0.4, -0.2) is 12.1 Å². The van der Waals surface area contributed by atoms with Gasteiger partial charge in [0.1, 0.15) is 0 Å². The summed E-state index contributed by atoms with van der Waals surface area (Å²) in [5, 5.41) is 0. The largest absolute Gasteiger partial charge is 0.373 e. The highest BCUT2D eigenvalue weighted by atomic mass is 35.5. The van der Waals surface area contributed by atoms with E-state index in [9.17, 15) is 13.2 Å². The van der Waals surface area contributed by atoms with E-state index in [1.807, 2.05) is 0 Å². The summed E-state index contributed by atoms with van der Waals surface area (Å²) in [4.78, 5) is 0. The molecular weight excluding hydrogens is 255 g/mol. The van der Waals surface area contributed by atoms with Gasteiger partial charge in [-0.2, -0.15) is 0 Å². The van der Waals surface area contributed by atoms with Crippen molar-refractivity contribution >= 4 is 12.4 Å². The first-order chi connectivity index (χ1) is 7.56. The van der Waals surface area contributed by atoms with Crippen molar-refractivity contribution in [2.24, 2.45) is 5.73 Å². The molecule has 1 aromatic carbocycles. The van der Waals surface area contributed by atoms with Crippen LogP contribution < -0.4 is 5.73 Å². The van der Waals surface area contributed by atoms with E-state index in [1.165, 1.54) is 0 Å². The van der Waals surface area contributed by atoms with E-state index >= 15 is 0 Å². The summed E-state index contributed by atoms with van der Waals surface area (Å²) >= 11 is 0. The second kappa shape index (κ2) is 5.71. The third-order valence-corrected chi connectivity index (χ3v) is 2.66. The molecule has 0 radical (unpaired) electrons. The molecule has 0 saturated heterocycles. The van der Waals surface area contributed by atoms with Crippen LogP contribution in [-0.2, 0) is 11.3 Å². The van der Waals surface area contributed by atoms with Gasteiger partial charge < -0.3 is 10.5 Å². The summed E-state index contributed by atoms with van der Waals surface area (Å²) in [5.41, 5.74) is 5.85. The first kappa shape index (κ1) is 14.3. The lowest BCUT2D eigenvalue weighted by atomic mass is 9.90. The van der Waals surface area contributed by atoms with Gasteiger partial charge in [0.15, 0.2) is 17.5 Å². The van der Waals surface area contributed by atoms with Gasteiger partial charge in [-0.05, 0) is 30.5 Å². The number of hydrogen-bond donors (Lipinski definition) is 1. The van der Waals surface area contributed by atoms with Crippen LogP contribution in [0.4, 0.5) is 13.2 Å². The van der Waals surface area contributed by atoms with Gasteiger partial charge in [-0.3, -0.25) is 0 Å². The van der Waals surface area contributed by atoms with Gasteiger partial charge in [0, 0.05) is 6.04 Å². The Balaban J connectivity index is 0.00000144. The number of rotatable bonds is 3. The Morgan fingerprint density at radius 2 is 1.71 bits per heavy atom. The Bertz CT molecular complexity index is 373. The van der Waals surface area contributed by atoms with Gasteiger partial charge in [-0.25, -0.2) is 13.2 Å². The monoisotopic (exact) mass is 267 g/mol. The SMILES string of the molecule is Cl.N[C@H]1C[C@H](OCc2cc(F)c(F)c(F)c2)C1. The summed E-state index contributed by atoms with van der Waals surface area (Å²) in [5.74, 6) is -3.83. The second-order valence-electron chi connectivity index (χ2n) is 4.04. The Hall–Kier alpha value is -0.780. The fraction of sp³-hybridized carbons (Fsp3) is 0.455. The summed E-state index contributed by atoms with van der Waals surface area (Å²) in [6.45, 7) is 0.0749. The number of benzene rings is 1. The van der Waals surface area contributed by atoms with Crippen molar-refractivity contribution in [2.45, 2.75) is 31.6 Å². The predicted molar refractivity (Wildman–Crippen MR) is 59.4 cm³/mol. The highest BCUT2D eigenvalue weighted by molar-refractivity contribution is 5.85. The van der Waals surface area contributed by atoms with Gasteiger partial charge in [0.25, 0.3) is 0 Å². The number of hydrogen-bond acceptors (Lipinski definition) is 2. The normalized spacial score (nSPS) is 22.8. The standard InChI is InChI=1S/C11H12F3NO.ClH/c12-9-1-6(2-10(13)11(9)14)5-16-8-3-7(15)4-8;/h1-2,7-8H,3-5,15H2;1H/t7-,8-;. The van der Waals surface area contributed by atoms with Crippen molar-refractivity contribution in [3.8, 4) is 0 Å². The van der Waals surface area contributed by atoms with Crippen LogP contribution in [0.25, 0.3) is 0 Å². The molecule has 17 heavy (non-hydrogen) atoms. The molecule has 0 unspecified atom stereocenters. The molecule has 1 saturated carbocycles. The molecule has 1 aliphatic carbocycles. The first-order valence-electron chi connectivity index (χ1n) is 5.07. The van der Waals surface area contributed by atoms with Crippen LogP contribution in [0.5, 0.6) is 0 Å². The summed E-state index contributed by atoms with van der Waals surface area (Å²) in [7, 11) is 0. The minimum Gasteiger partial charge on any atom is -0.373 e. The van der Waals surface area contributed by atoms with Crippen molar-refractivity contribution in [1.29, 1.82) is 0 Å². The van der Waals surface area contributed by atoms with Gasteiger partial charge in [-0.1, -0.05) is 0 Å². The maximum absolute atomic E-state index is 12.8. The number of ether oxygens (including phenoxy) is 1. The molecule has 1 aliphatic rings. The van der Waals surface area contributed by atoms with Crippen molar-refractivity contribution < 1.29 is 17.9 Å². The zero-order valence-electron chi connectivity index (χ0n) is 8.96. The molecule has 0 heterocycles. The molecule has 0 aliphatic heterocycles. The molecule has 0 amide bonds. The molecule has 2 nitrogen and oxygen atoms in total. The van der Waals surface area contributed by atoms with E-state index in [0.717, 1.165) is 25.0 Å². The van der Waals surface area contributed by atoms with Crippen molar-refractivity contribution in [2.75, 3.05) is 0 Å². The van der Waals surface area contributed by atoms with Gasteiger partial charge in [0.05, 0.1) is 12.7 Å². The summed E-state index contributed by atoms with van der Waals surface area (Å²) < 4.78 is 43.6. The van der Waals surface area contributed by atoms with Crippen LogP contribution in [0, 0.1) is 17.5 Å². The predicted octanol–water partition coefficient (Wildman–Crippen LogP) is 2.53. The van der Waals surface area contributed by atoms with E-state index < -0.39 is 17.5 Å². The van der Waals surface area contributed by atoms with E-state index in [4.69, 9.17) is 10.5 Å². The maximum atomic E-state index is 12.8. The van der Waals surface area contributed by atoms with Crippen LogP contribution in [0.2, 0.25) is 0 Å². The second-order valence-corrected chi connectivity index (χ2v) is 4.04. The number of nitrogens with two attached hydrogens (primary N) is 1. The first-order valence-corrected chi connectivity index (χ1v) is 5.07. The van der Waals surface area contributed by atoms with Crippen LogP contribution in [0.15, 0.2) is 12.1 Å². The molecule has 1 aromatic rings. The maximum Gasteiger partial charge on any atom is 0.194 e. The van der Waals surface area contributed by atoms with Crippen molar-refractivity contribution in [3.63, 3.8) is 0 Å². The Kier molecular flexibility index (Phi) is 4.80. The third-order valence-electron chi connectivity index (χ3n) is 2.66. The molecule has 0 bridgehead atoms. The summed E-state index contributed by atoms with van der Waals surface area (Å²) in [6, 6.07) is 2.04. The number of halogens is 4. The van der Waals surface area contributed by atoms with Crippen molar-refractivity contribution in [1.82, 2.24) is 0 Å². The smallest absolute Gasteiger partial charge is 0.194 e. The van der Waals surface area contributed by atoms with E-state index in [0.29, 0.717) is 0 Å². The van der Waals surface area contributed by atoms with Crippen LogP contribution >= 0.6 is 12.4 Å². The van der Waals surface area contributed by atoms with Crippen LogP contribution in [0.3, 0.4) is 0 Å². The Morgan fingerprint density at radius 1 is 1.18 bits per heavy atom. The van der Waals surface area contributed by atoms with Gasteiger partial charge >= 0.3 is 0 Å². The van der Waals surface area contributed by atoms with Gasteiger partial charge in [0.2, 0.25) is 0 Å².